The molecule has 0 amide bonds. The van der Waals surface area contributed by atoms with Crippen molar-refractivity contribution in [3.8, 4) is 5.88 Å². The van der Waals surface area contributed by atoms with Gasteiger partial charge in [0.15, 0.2) is 0 Å². The first-order valence-electron chi connectivity index (χ1n) is 2.11. The Morgan fingerprint density at radius 3 is 2.75 bits per heavy atom. The molecule has 0 saturated carbocycles. The molecule has 0 aliphatic heterocycles. The van der Waals surface area contributed by atoms with Crippen molar-refractivity contribution in [2.75, 3.05) is 0 Å². The molecule has 1 heterocycles. The molecule has 3 heteroatoms. The summed E-state index contributed by atoms with van der Waals surface area (Å²) in [7, 11) is 0. The molecule has 0 saturated heterocycles. The lowest BCUT2D eigenvalue weighted by atomic mass is 10.5. The largest absolute Gasteiger partial charge is 0.283 e. The average molecular weight is 126 g/mol. The first-order valence-corrected chi connectivity index (χ1v) is 2.56. The Hall–Kier alpha value is -0.700. The number of hydrogen-bond acceptors (Lipinski definition) is 2. The van der Waals surface area contributed by atoms with E-state index in [1.54, 1.807) is 12.1 Å². The summed E-state index contributed by atoms with van der Waals surface area (Å²) in [5.41, 5.74) is 0. The molecule has 0 atom stereocenters. The molecule has 1 aromatic heterocycles. The molecule has 1 aromatic rings. The van der Waals surface area contributed by atoms with Gasteiger partial charge in [0.2, 0.25) is 0 Å². The van der Waals surface area contributed by atoms with E-state index in [0.29, 0.717) is 4.90 Å². The summed E-state index contributed by atoms with van der Waals surface area (Å²) in [6.45, 7) is 0. The first kappa shape index (κ1) is 5.44. The van der Waals surface area contributed by atoms with Crippen LogP contribution < -0.4 is 0 Å². The summed E-state index contributed by atoms with van der Waals surface area (Å²) in [5, 5.41) is 10.4. The van der Waals surface area contributed by atoms with Crippen molar-refractivity contribution in [3.63, 3.8) is 0 Å². The van der Waals surface area contributed by atoms with Gasteiger partial charge in [-0.1, -0.05) is 0 Å². The van der Waals surface area contributed by atoms with Gasteiger partial charge in [0.1, 0.15) is 0 Å². The van der Waals surface area contributed by atoms with Gasteiger partial charge in [-0.2, -0.15) is 0 Å². The van der Waals surface area contributed by atoms with E-state index in [1.165, 1.54) is 6.20 Å². The Bertz CT molecular complexity index is 169. The Labute approximate surface area is 52.6 Å². The molecule has 0 N–H and O–H groups in total. The lowest BCUT2D eigenvalue weighted by Gasteiger charge is -1.86. The quantitative estimate of drug-likeness (QED) is 0.525. The molecule has 0 spiro atoms. The van der Waals surface area contributed by atoms with Gasteiger partial charge < -0.3 is 0 Å². The predicted octanol–water partition coefficient (Wildman–Crippen LogP) is 1.51. The average Bonchev–Trinajstić information content (AvgIpc) is 1.77. The van der Waals surface area contributed by atoms with Crippen LogP contribution in [0, 0.1) is 0 Å². The summed E-state index contributed by atoms with van der Waals surface area (Å²) in [6, 6.07) is 3.28. The zero-order valence-electron chi connectivity index (χ0n) is 4.03. The molecule has 0 aliphatic rings. The minimum absolute atomic E-state index is 0.268. The van der Waals surface area contributed by atoms with Crippen molar-refractivity contribution in [1.29, 1.82) is 0 Å². The Morgan fingerprint density at radius 2 is 2.38 bits per heavy atom. The van der Waals surface area contributed by atoms with Crippen molar-refractivity contribution >= 4 is 12.6 Å². The predicted molar refractivity (Wildman–Crippen MR) is 31.6 cm³/mol. The van der Waals surface area contributed by atoms with Crippen LogP contribution in [0.2, 0.25) is 0 Å². The van der Waals surface area contributed by atoms with E-state index in [-0.39, 0.29) is 5.88 Å². The summed E-state index contributed by atoms with van der Waals surface area (Å²) in [6.07, 6.45) is 1.45. The van der Waals surface area contributed by atoms with Crippen LogP contribution in [0.3, 0.4) is 0 Å². The molecule has 1 radical (unpaired) electrons. The number of hydrogen-bond donors (Lipinski definition) is 1. The SMILES string of the molecule is [O]c1ncccc1S. The van der Waals surface area contributed by atoms with Crippen LogP contribution >= 0.6 is 12.6 Å². The van der Waals surface area contributed by atoms with E-state index in [1.807, 2.05) is 0 Å². The number of nitrogens with zero attached hydrogens (tertiary/aromatic N) is 1. The lowest BCUT2D eigenvalue weighted by Crippen LogP contribution is -1.70. The van der Waals surface area contributed by atoms with Gasteiger partial charge in [0.25, 0.3) is 5.88 Å². The van der Waals surface area contributed by atoms with Crippen LogP contribution in [0.4, 0.5) is 0 Å². The third-order valence-electron chi connectivity index (χ3n) is 0.751. The van der Waals surface area contributed by atoms with Crippen molar-refractivity contribution in [2.45, 2.75) is 4.90 Å². The highest BCUT2D eigenvalue weighted by molar-refractivity contribution is 7.80. The van der Waals surface area contributed by atoms with Crippen molar-refractivity contribution in [2.24, 2.45) is 0 Å². The third kappa shape index (κ3) is 0.924. The van der Waals surface area contributed by atoms with Gasteiger partial charge in [-0.25, -0.2) is 4.98 Å². The van der Waals surface area contributed by atoms with Crippen molar-refractivity contribution in [1.82, 2.24) is 4.98 Å². The molecule has 2 nitrogen and oxygen atoms in total. The third-order valence-corrected chi connectivity index (χ3v) is 1.09. The van der Waals surface area contributed by atoms with Gasteiger partial charge in [0, 0.05) is 6.20 Å². The summed E-state index contributed by atoms with van der Waals surface area (Å²) < 4.78 is 0. The van der Waals surface area contributed by atoms with Gasteiger partial charge in [-0.3, -0.25) is 5.11 Å². The number of aromatic nitrogens is 1. The maximum atomic E-state index is 10.4. The van der Waals surface area contributed by atoms with E-state index in [2.05, 4.69) is 17.6 Å². The Balaban J connectivity index is 3.13. The van der Waals surface area contributed by atoms with Gasteiger partial charge in [0.05, 0.1) is 4.90 Å². The summed E-state index contributed by atoms with van der Waals surface area (Å²) in [4.78, 5) is 3.84. The zero-order valence-corrected chi connectivity index (χ0v) is 4.93. The van der Waals surface area contributed by atoms with Crippen LogP contribution in [0.1, 0.15) is 0 Å². The van der Waals surface area contributed by atoms with Crippen LogP contribution in [-0.4, -0.2) is 4.98 Å². The van der Waals surface area contributed by atoms with E-state index < -0.39 is 0 Å². The Kier molecular flexibility index (Phi) is 1.39. The molecule has 0 aromatic carbocycles. The van der Waals surface area contributed by atoms with Gasteiger partial charge in [-0.05, 0) is 12.1 Å². The molecular weight excluding hydrogens is 122 g/mol. The molecule has 0 fully saturated rings. The fraction of sp³-hybridized carbons (Fsp3) is 0. The maximum Gasteiger partial charge on any atom is 0.283 e. The summed E-state index contributed by atoms with van der Waals surface area (Å²) in [5.74, 6) is -0.268. The smallest absolute Gasteiger partial charge is 0.266 e. The van der Waals surface area contributed by atoms with E-state index in [0.717, 1.165) is 0 Å². The normalized spacial score (nSPS) is 9.12. The monoisotopic (exact) mass is 126 g/mol. The molecule has 0 aliphatic carbocycles. The molecule has 0 bridgehead atoms. The molecule has 8 heavy (non-hydrogen) atoms. The Morgan fingerprint density at radius 1 is 1.62 bits per heavy atom. The van der Waals surface area contributed by atoms with Gasteiger partial charge in [-0.15, -0.1) is 12.6 Å². The second kappa shape index (κ2) is 2.05. The van der Waals surface area contributed by atoms with E-state index in [9.17, 15) is 5.11 Å². The topological polar surface area (TPSA) is 32.8 Å². The summed E-state index contributed by atoms with van der Waals surface area (Å²) >= 11 is 3.82. The van der Waals surface area contributed by atoms with E-state index >= 15 is 0 Å². The van der Waals surface area contributed by atoms with Crippen LogP contribution in [-0.2, 0) is 5.11 Å². The number of thiol groups is 1. The molecule has 0 unspecified atom stereocenters. The highest BCUT2D eigenvalue weighted by atomic mass is 32.1. The molecule has 41 valence electrons. The standard InChI is InChI=1S/C5H4NOS/c7-5-4(8)2-1-3-6-5/h1-3,8H. The highest BCUT2D eigenvalue weighted by Crippen LogP contribution is 2.15. The zero-order chi connectivity index (χ0) is 5.98. The first-order chi connectivity index (χ1) is 3.80. The van der Waals surface area contributed by atoms with Crippen LogP contribution in [0.5, 0.6) is 5.88 Å². The second-order valence-corrected chi connectivity index (χ2v) is 1.81. The molecular formula is C5H4NOS. The number of pyridine rings is 1. The maximum absolute atomic E-state index is 10.4. The van der Waals surface area contributed by atoms with Gasteiger partial charge >= 0.3 is 0 Å². The van der Waals surface area contributed by atoms with E-state index in [4.69, 9.17) is 0 Å². The van der Waals surface area contributed by atoms with Crippen LogP contribution in [0.25, 0.3) is 0 Å². The fourth-order valence-corrected chi connectivity index (χ4v) is 0.526. The van der Waals surface area contributed by atoms with Crippen molar-refractivity contribution in [3.05, 3.63) is 18.3 Å². The lowest BCUT2D eigenvalue weighted by molar-refractivity contribution is 0.326. The highest BCUT2D eigenvalue weighted by Gasteiger charge is 1.93. The minimum atomic E-state index is -0.268. The number of rotatable bonds is 0. The second-order valence-electron chi connectivity index (χ2n) is 1.33. The molecule has 1 rings (SSSR count). The van der Waals surface area contributed by atoms with Crippen molar-refractivity contribution < 1.29 is 5.11 Å². The minimum Gasteiger partial charge on any atom is -0.266 e. The van der Waals surface area contributed by atoms with Crippen LogP contribution in [0.15, 0.2) is 23.2 Å². The fourth-order valence-electron chi connectivity index (χ4n) is 0.382.